The average molecular weight is 315 g/mol. The molecule has 1 aromatic carbocycles. The van der Waals surface area contributed by atoms with Crippen LogP contribution in [-0.4, -0.2) is 49.3 Å². The Kier molecular flexibility index (Phi) is 4.28. The molecule has 0 radical (unpaired) electrons. The number of hydrogen-bond donors (Lipinski definition) is 1. The standard InChI is InChI=1S/C14H22FN3O2S/c1-14(2,3)17-7-9-18(10-8-17)21(19,20)12-6-4-5-11(15)13(12)16/h4-6H,7-10,16H2,1-3H3. The number of rotatable bonds is 2. The lowest BCUT2D eigenvalue weighted by atomic mass is 10.1. The quantitative estimate of drug-likeness (QED) is 0.840. The molecule has 0 saturated carbocycles. The van der Waals surface area contributed by atoms with Crippen molar-refractivity contribution in [1.29, 1.82) is 0 Å². The van der Waals surface area contributed by atoms with Crippen molar-refractivity contribution in [3.63, 3.8) is 0 Å². The van der Waals surface area contributed by atoms with Crippen LogP contribution >= 0.6 is 0 Å². The summed E-state index contributed by atoms with van der Waals surface area (Å²) in [6.45, 7) is 8.37. The Morgan fingerprint density at radius 2 is 1.71 bits per heavy atom. The molecule has 0 aromatic heterocycles. The molecule has 0 unspecified atom stereocenters. The Labute approximate surface area is 125 Å². The molecule has 1 saturated heterocycles. The zero-order valence-corrected chi connectivity index (χ0v) is 13.5. The largest absolute Gasteiger partial charge is 0.395 e. The summed E-state index contributed by atoms with van der Waals surface area (Å²) in [5.41, 5.74) is 5.28. The molecule has 2 rings (SSSR count). The molecule has 0 bridgehead atoms. The number of benzene rings is 1. The lowest BCUT2D eigenvalue weighted by Crippen LogP contribution is -2.54. The maximum Gasteiger partial charge on any atom is 0.245 e. The molecule has 118 valence electrons. The summed E-state index contributed by atoms with van der Waals surface area (Å²) < 4.78 is 40.0. The molecule has 1 aliphatic rings. The third-order valence-electron chi connectivity index (χ3n) is 3.82. The second kappa shape index (κ2) is 5.55. The van der Waals surface area contributed by atoms with E-state index in [0.29, 0.717) is 26.2 Å². The van der Waals surface area contributed by atoms with Gasteiger partial charge in [-0.25, -0.2) is 12.8 Å². The minimum Gasteiger partial charge on any atom is -0.395 e. The van der Waals surface area contributed by atoms with Crippen LogP contribution in [0.5, 0.6) is 0 Å². The summed E-state index contributed by atoms with van der Waals surface area (Å²) >= 11 is 0. The maximum absolute atomic E-state index is 13.5. The van der Waals surface area contributed by atoms with Gasteiger partial charge in [-0.3, -0.25) is 4.90 Å². The summed E-state index contributed by atoms with van der Waals surface area (Å²) in [6.07, 6.45) is 0. The topological polar surface area (TPSA) is 66.6 Å². The molecule has 1 aromatic rings. The Balaban J connectivity index is 2.21. The van der Waals surface area contributed by atoms with Gasteiger partial charge in [0.2, 0.25) is 10.0 Å². The van der Waals surface area contributed by atoms with Crippen LogP contribution in [0.25, 0.3) is 0 Å². The first kappa shape index (κ1) is 16.2. The van der Waals surface area contributed by atoms with Gasteiger partial charge in [0.25, 0.3) is 0 Å². The first-order valence-electron chi connectivity index (χ1n) is 6.93. The van der Waals surface area contributed by atoms with Crippen molar-refractivity contribution in [2.24, 2.45) is 0 Å². The molecule has 0 aliphatic carbocycles. The van der Waals surface area contributed by atoms with Crippen molar-refractivity contribution in [3.8, 4) is 0 Å². The zero-order valence-electron chi connectivity index (χ0n) is 12.6. The van der Waals surface area contributed by atoms with Gasteiger partial charge in [0.1, 0.15) is 10.7 Å². The summed E-state index contributed by atoms with van der Waals surface area (Å²) in [5.74, 6) is -0.704. The summed E-state index contributed by atoms with van der Waals surface area (Å²) in [4.78, 5) is 2.08. The number of hydrogen-bond acceptors (Lipinski definition) is 4. The van der Waals surface area contributed by atoms with E-state index in [0.717, 1.165) is 6.07 Å². The molecule has 1 heterocycles. The van der Waals surface area contributed by atoms with Crippen molar-refractivity contribution in [2.45, 2.75) is 31.2 Å². The Morgan fingerprint density at radius 1 is 1.14 bits per heavy atom. The third kappa shape index (κ3) is 3.20. The molecule has 5 nitrogen and oxygen atoms in total. The summed E-state index contributed by atoms with van der Waals surface area (Å²) in [5, 5.41) is 0. The number of piperazine rings is 1. The van der Waals surface area contributed by atoms with E-state index in [1.165, 1.54) is 16.4 Å². The van der Waals surface area contributed by atoms with E-state index in [-0.39, 0.29) is 16.1 Å². The summed E-state index contributed by atoms with van der Waals surface area (Å²) in [6, 6.07) is 3.87. The third-order valence-corrected chi connectivity index (χ3v) is 5.77. The van der Waals surface area contributed by atoms with Crippen LogP contribution in [0.3, 0.4) is 0 Å². The van der Waals surface area contributed by atoms with Gasteiger partial charge in [0.15, 0.2) is 0 Å². The predicted octanol–water partition coefficient (Wildman–Crippen LogP) is 1.51. The van der Waals surface area contributed by atoms with E-state index in [4.69, 9.17) is 5.73 Å². The highest BCUT2D eigenvalue weighted by molar-refractivity contribution is 7.89. The predicted molar refractivity (Wildman–Crippen MR) is 80.9 cm³/mol. The fraction of sp³-hybridized carbons (Fsp3) is 0.571. The van der Waals surface area contributed by atoms with Crippen LogP contribution in [0.15, 0.2) is 23.1 Å². The van der Waals surface area contributed by atoms with E-state index in [9.17, 15) is 12.8 Å². The number of halogens is 1. The SMILES string of the molecule is CC(C)(C)N1CCN(S(=O)(=O)c2cccc(F)c2N)CC1. The number of nitrogens with zero attached hydrogens (tertiary/aromatic N) is 2. The number of nitrogen functional groups attached to an aromatic ring is 1. The van der Waals surface area contributed by atoms with Crippen LogP contribution < -0.4 is 5.73 Å². The summed E-state index contributed by atoms with van der Waals surface area (Å²) in [7, 11) is -3.74. The Morgan fingerprint density at radius 3 is 2.24 bits per heavy atom. The van der Waals surface area contributed by atoms with Crippen LogP contribution in [-0.2, 0) is 10.0 Å². The minimum absolute atomic E-state index is 0.00767. The minimum atomic E-state index is -3.74. The number of para-hydroxylation sites is 1. The van der Waals surface area contributed by atoms with Crippen molar-refractivity contribution in [1.82, 2.24) is 9.21 Å². The molecule has 2 N–H and O–H groups in total. The van der Waals surface area contributed by atoms with Gasteiger partial charge in [-0.15, -0.1) is 0 Å². The smallest absolute Gasteiger partial charge is 0.245 e. The van der Waals surface area contributed by atoms with E-state index in [1.54, 1.807) is 0 Å². The van der Waals surface area contributed by atoms with E-state index >= 15 is 0 Å². The number of nitrogens with two attached hydrogens (primary N) is 1. The van der Waals surface area contributed by atoms with Gasteiger partial charge in [-0.1, -0.05) is 6.07 Å². The normalized spacial score (nSPS) is 18.9. The highest BCUT2D eigenvalue weighted by Crippen LogP contribution is 2.26. The molecule has 21 heavy (non-hydrogen) atoms. The maximum atomic E-state index is 13.5. The van der Waals surface area contributed by atoms with Gasteiger partial charge >= 0.3 is 0 Å². The van der Waals surface area contributed by atoms with Gasteiger partial charge in [0.05, 0.1) is 5.69 Å². The average Bonchev–Trinajstić information content (AvgIpc) is 2.41. The van der Waals surface area contributed by atoms with Crippen molar-refractivity contribution >= 4 is 15.7 Å². The fourth-order valence-electron chi connectivity index (χ4n) is 2.48. The Bertz CT molecular complexity index is 618. The van der Waals surface area contributed by atoms with Crippen LogP contribution in [0.1, 0.15) is 20.8 Å². The van der Waals surface area contributed by atoms with E-state index in [2.05, 4.69) is 25.7 Å². The van der Waals surface area contributed by atoms with E-state index in [1.807, 2.05) is 0 Å². The monoisotopic (exact) mass is 315 g/mol. The van der Waals surface area contributed by atoms with Crippen molar-refractivity contribution in [2.75, 3.05) is 31.9 Å². The van der Waals surface area contributed by atoms with Crippen LogP contribution in [0.2, 0.25) is 0 Å². The zero-order chi connectivity index (χ0) is 15.8. The molecular weight excluding hydrogens is 293 g/mol. The fourth-order valence-corrected chi connectivity index (χ4v) is 4.03. The molecule has 0 amide bonds. The number of sulfonamides is 1. The molecule has 0 spiro atoms. The molecule has 7 heteroatoms. The van der Waals surface area contributed by atoms with Crippen LogP contribution in [0, 0.1) is 5.82 Å². The van der Waals surface area contributed by atoms with E-state index < -0.39 is 15.8 Å². The second-order valence-corrected chi connectivity index (χ2v) is 8.12. The molecule has 0 atom stereocenters. The number of anilines is 1. The van der Waals surface area contributed by atoms with Gasteiger partial charge in [-0.05, 0) is 32.9 Å². The van der Waals surface area contributed by atoms with Crippen molar-refractivity contribution in [3.05, 3.63) is 24.0 Å². The first-order valence-corrected chi connectivity index (χ1v) is 8.37. The van der Waals surface area contributed by atoms with Gasteiger partial charge in [0, 0.05) is 31.7 Å². The first-order chi connectivity index (χ1) is 9.64. The van der Waals surface area contributed by atoms with Gasteiger partial charge < -0.3 is 5.73 Å². The molecule has 1 fully saturated rings. The van der Waals surface area contributed by atoms with Crippen LogP contribution in [0.4, 0.5) is 10.1 Å². The Hall–Kier alpha value is -1.18. The lowest BCUT2D eigenvalue weighted by Gasteiger charge is -2.41. The highest BCUT2D eigenvalue weighted by Gasteiger charge is 2.33. The second-order valence-electron chi connectivity index (χ2n) is 6.21. The molecular formula is C14H22FN3O2S. The lowest BCUT2D eigenvalue weighted by molar-refractivity contribution is 0.0922. The molecule has 1 aliphatic heterocycles. The van der Waals surface area contributed by atoms with Crippen molar-refractivity contribution < 1.29 is 12.8 Å². The van der Waals surface area contributed by atoms with Gasteiger partial charge in [-0.2, -0.15) is 4.31 Å². The highest BCUT2D eigenvalue weighted by atomic mass is 32.2.